The lowest BCUT2D eigenvalue weighted by atomic mass is 10.0. The van der Waals surface area contributed by atoms with Crippen LogP contribution in [0.3, 0.4) is 0 Å². The first-order valence-corrected chi connectivity index (χ1v) is 9.56. The number of aryl methyl sites for hydroxylation is 3. The Kier molecular flexibility index (Phi) is 4.94. The Morgan fingerprint density at radius 3 is 2.68 bits per heavy atom. The molecule has 6 heteroatoms. The summed E-state index contributed by atoms with van der Waals surface area (Å²) in [5.74, 6) is 2.86. The van der Waals surface area contributed by atoms with Gasteiger partial charge in [0.25, 0.3) is 0 Å². The Balaban J connectivity index is 1.79. The van der Waals surface area contributed by atoms with Crippen LogP contribution in [0, 0.1) is 13.8 Å². The van der Waals surface area contributed by atoms with Gasteiger partial charge in [-0.2, -0.15) is 5.10 Å². The number of ether oxygens (including phenoxy) is 2. The highest BCUT2D eigenvalue weighted by Crippen LogP contribution is 2.39. The van der Waals surface area contributed by atoms with E-state index in [-0.39, 0.29) is 0 Å². The molecule has 1 aliphatic rings. The van der Waals surface area contributed by atoms with Crippen molar-refractivity contribution in [2.45, 2.75) is 33.4 Å². The zero-order valence-electron chi connectivity index (χ0n) is 16.9. The van der Waals surface area contributed by atoms with Gasteiger partial charge in [-0.05, 0) is 50.1 Å². The van der Waals surface area contributed by atoms with Crippen molar-refractivity contribution in [3.05, 3.63) is 53.5 Å². The minimum Gasteiger partial charge on any atom is -0.497 e. The third-order valence-corrected chi connectivity index (χ3v) is 5.36. The molecule has 0 N–H and O–H groups in total. The molecule has 1 aromatic carbocycles. The van der Waals surface area contributed by atoms with Crippen LogP contribution >= 0.6 is 0 Å². The van der Waals surface area contributed by atoms with Gasteiger partial charge in [-0.15, -0.1) is 0 Å². The van der Waals surface area contributed by atoms with Gasteiger partial charge in [0.05, 0.1) is 19.9 Å². The molecule has 2 aromatic heterocycles. The summed E-state index contributed by atoms with van der Waals surface area (Å²) < 4.78 is 13.2. The van der Waals surface area contributed by atoms with Crippen LogP contribution in [-0.2, 0) is 13.1 Å². The topological polar surface area (TPSA) is 52.4 Å². The lowest BCUT2D eigenvalue weighted by Gasteiger charge is -2.31. The molecule has 0 spiro atoms. The normalized spacial score (nSPS) is 13.4. The molecule has 0 bridgehead atoms. The average molecular weight is 378 g/mol. The zero-order chi connectivity index (χ0) is 19.7. The van der Waals surface area contributed by atoms with Crippen LogP contribution < -0.4 is 14.4 Å². The van der Waals surface area contributed by atoms with Gasteiger partial charge in [0.2, 0.25) is 0 Å². The molecule has 3 aromatic rings. The molecule has 6 nitrogen and oxygen atoms in total. The van der Waals surface area contributed by atoms with Crippen LogP contribution in [0.4, 0.5) is 5.82 Å². The number of pyridine rings is 1. The van der Waals surface area contributed by atoms with Gasteiger partial charge in [-0.1, -0.05) is 0 Å². The first-order chi connectivity index (χ1) is 13.6. The van der Waals surface area contributed by atoms with Gasteiger partial charge in [-0.3, -0.25) is 4.98 Å². The van der Waals surface area contributed by atoms with E-state index < -0.39 is 0 Å². The number of methoxy groups -OCH3 is 2. The summed E-state index contributed by atoms with van der Waals surface area (Å²) in [4.78, 5) is 6.75. The van der Waals surface area contributed by atoms with Crippen LogP contribution in [0.2, 0.25) is 0 Å². The van der Waals surface area contributed by atoms with E-state index in [9.17, 15) is 0 Å². The number of anilines is 1. The largest absolute Gasteiger partial charge is 0.497 e. The Labute approximate surface area is 165 Å². The highest BCUT2D eigenvalue weighted by Gasteiger charge is 2.27. The van der Waals surface area contributed by atoms with Gasteiger partial charge in [0, 0.05) is 48.7 Å². The Morgan fingerprint density at radius 1 is 1.07 bits per heavy atom. The van der Waals surface area contributed by atoms with E-state index in [4.69, 9.17) is 14.6 Å². The minimum atomic E-state index is 0.734. The van der Waals surface area contributed by atoms with Crippen molar-refractivity contribution in [1.82, 2.24) is 14.8 Å². The van der Waals surface area contributed by atoms with Gasteiger partial charge < -0.3 is 14.4 Å². The average Bonchev–Trinajstić information content (AvgIpc) is 3.05. The first-order valence-electron chi connectivity index (χ1n) is 9.56. The summed E-state index contributed by atoms with van der Waals surface area (Å²) in [7, 11) is 3.40. The molecule has 1 aliphatic heterocycles. The number of aromatic nitrogens is 3. The molecule has 0 atom stereocenters. The maximum Gasteiger partial charge on any atom is 0.135 e. The van der Waals surface area contributed by atoms with Crippen LogP contribution in [0.5, 0.6) is 11.5 Å². The molecular formula is C22H26N4O2. The van der Waals surface area contributed by atoms with Crippen LogP contribution in [0.25, 0.3) is 11.1 Å². The van der Waals surface area contributed by atoms with Crippen molar-refractivity contribution < 1.29 is 9.47 Å². The van der Waals surface area contributed by atoms with E-state index >= 15 is 0 Å². The number of rotatable bonds is 5. The van der Waals surface area contributed by atoms with Gasteiger partial charge in [0.15, 0.2) is 0 Å². The van der Waals surface area contributed by atoms with Crippen molar-refractivity contribution in [1.29, 1.82) is 0 Å². The van der Waals surface area contributed by atoms with E-state index in [1.165, 1.54) is 11.1 Å². The number of nitrogens with zero attached hydrogens (tertiary/aromatic N) is 4. The van der Waals surface area contributed by atoms with Crippen LogP contribution in [0.1, 0.15) is 23.2 Å². The smallest absolute Gasteiger partial charge is 0.135 e. The summed E-state index contributed by atoms with van der Waals surface area (Å²) in [6.45, 7) is 6.84. The quantitative estimate of drug-likeness (QED) is 0.672. The third-order valence-electron chi connectivity index (χ3n) is 5.36. The molecule has 0 unspecified atom stereocenters. The fourth-order valence-electron chi connectivity index (χ4n) is 3.97. The highest BCUT2D eigenvalue weighted by atomic mass is 16.5. The van der Waals surface area contributed by atoms with Crippen molar-refractivity contribution >= 4 is 5.82 Å². The van der Waals surface area contributed by atoms with Crippen molar-refractivity contribution in [3.63, 3.8) is 0 Å². The summed E-state index contributed by atoms with van der Waals surface area (Å²) in [5, 5.41) is 4.83. The molecule has 146 valence electrons. The van der Waals surface area contributed by atoms with Gasteiger partial charge >= 0.3 is 0 Å². The number of hydrogen-bond acceptors (Lipinski definition) is 5. The maximum atomic E-state index is 5.60. The standard InChI is InChI=1S/C22H26N4O2/c1-15-8-9-23-13-19(15)21-16(2)24-26-11-5-10-25(22(21)26)14-17-12-18(27-3)6-7-20(17)28-4/h6-9,12-13H,5,10-11,14H2,1-4H3. The summed E-state index contributed by atoms with van der Waals surface area (Å²) in [6.07, 6.45) is 4.84. The predicted octanol–water partition coefficient (Wildman–Crippen LogP) is 3.99. The zero-order valence-corrected chi connectivity index (χ0v) is 16.9. The maximum absolute atomic E-state index is 5.60. The minimum absolute atomic E-state index is 0.734. The molecular weight excluding hydrogens is 352 g/mol. The van der Waals surface area contributed by atoms with Crippen molar-refractivity contribution in [2.75, 3.05) is 25.7 Å². The second kappa shape index (κ2) is 7.54. The predicted molar refractivity (Wildman–Crippen MR) is 110 cm³/mol. The molecule has 0 amide bonds. The Morgan fingerprint density at radius 2 is 1.93 bits per heavy atom. The molecule has 0 aliphatic carbocycles. The molecule has 3 heterocycles. The van der Waals surface area contributed by atoms with Gasteiger partial charge in [0.1, 0.15) is 17.3 Å². The Bertz CT molecular complexity index is 996. The summed E-state index contributed by atoms with van der Waals surface area (Å²) >= 11 is 0. The second-order valence-electron chi connectivity index (χ2n) is 7.15. The second-order valence-corrected chi connectivity index (χ2v) is 7.15. The van der Waals surface area contributed by atoms with Crippen molar-refractivity contribution in [2.24, 2.45) is 0 Å². The number of fused-ring (bicyclic) bond motifs is 1. The van der Waals surface area contributed by atoms with Crippen LogP contribution in [-0.4, -0.2) is 35.5 Å². The molecule has 0 radical (unpaired) electrons. The van der Waals surface area contributed by atoms with E-state index in [2.05, 4.69) is 40.5 Å². The summed E-state index contributed by atoms with van der Waals surface area (Å²) in [6, 6.07) is 8.00. The third kappa shape index (κ3) is 3.19. The highest BCUT2D eigenvalue weighted by molar-refractivity contribution is 5.80. The molecule has 0 saturated heterocycles. The molecule has 4 rings (SSSR count). The lowest BCUT2D eigenvalue weighted by Crippen LogP contribution is -2.32. The van der Waals surface area contributed by atoms with Gasteiger partial charge in [-0.25, -0.2) is 4.68 Å². The summed E-state index contributed by atoms with van der Waals surface area (Å²) in [5.41, 5.74) is 5.66. The number of benzene rings is 1. The lowest BCUT2D eigenvalue weighted by molar-refractivity contribution is 0.397. The molecule has 0 fully saturated rings. The van der Waals surface area contributed by atoms with E-state index in [0.717, 1.165) is 60.2 Å². The number of hydrogen-bond donors (Lipinski definition) is 0. The van der Waals surface area contributed by atoms with E-state index in [1.807, 2.05) is 24.5 Å². The SMILES string of the molecule is COc1ccc(OC)c(CN2CCCn3nc(C)c(-c4cnccc4C)c32)c1. The first kappa shape index (κ1) is 18.3. The molecule has 0 saturated carbocycles. The van der Waals surface area contributed by atoms with Crippen molar-refractivity contribution in [3.8, 4) is 22.6 Å². The van der Waals surface area contributed by atoms with E-state index in [1.54, 1.807) is 14.2 Å². The fraction of sp³-hybridized carbons (Fsp3) is 0.364. The fourth-order valence-corrected chi connectivity index (χ4v) is 3.97. The Hall–Kier alpha value is -3.02. The monoisotopic (exact) mass is 378 g/mol. The van der Waals surface area contributed by atoms with Crippen LogP contribution in [0.15, 0.2) is 36.7 Å². The molecule has 28 heavy (non-hydrogen) atoms. The van der Waals surface area contributed by atoms with E-state index in [0.29, 0.717) is 0 Å².